The number of alkyl halides is 4. The number of hydrogen-bond acceptors (Lipinski definition) is 0. The van der Waals surface area contributed by atoms with E-state index >= 15 is 0 Å². The Hall–Kier alpha value is 1.66. The highest BCUT2D eigenvalue weighted by Crippen LogP contribution is 2.46. The summed E-state index contributed by atoms with van der Waals surface area (Å²) in [6.45, 7) is 0. The smallest absolute Gasteiger partial charge is 0.0131 e. The largest absolute Gasteiger partial charge is 0.0922 e. The average molecular weight is 454 g/mol. The van der Waals surface area contributed by atoms with Crippen molar-refractivity contribution in [3.63, 3.8) is 0 Å². The molecule has 1 aliphatic carbocycles. The second-order valence-electron chi connectivity index (χ2n) is 4.18. The van der Waals surface area contributed by atoms with Crippen LogP contribution < -0.4 is 0 Å². The molecule has 0 nitrogen and oxygen atoms in total. The quantitative estimate of drug-likeness (QED) is 0.420. The van der Waals surface area contributed by atoms with Crippen LogP contribution in [0, 0.1) is 10.8 Å². The maximum absolute atomic E-state index is 3.64. The standard InChI is InChI=1S/C10H14Br4/c11-5-9(6-12)2-1-3-10(4-9,7-13)8-14/h1-2H,3-8H2. The minimum Gasteiger partial charge on any atom is -0.0922 e. The SMILES string of the molecule is BrCC1(CBr)C=CCC(CBr)(CBr)C1. The Labute approximate surface area is 120 Å². The summed E-state index contributed by atoms with van der Waals surface area (Å²) < 4.78 is 0. The fourth-order valence-corrected chi connectivity index (χ4v) is 5.38. The van der Waals surface area contributed by atoms with Gasteiger partial charge in [0.25, 0.3) is 0 Å². The Bertz CT molecular complexity index is 204. The van der Waals surface area contributed by atoms with Crippen molar-refractivity contribution in [2.45, 2.75) is 12.8 Å². The van der Waals surface area contributed by atoms with Crippen LogP contribution in [-0.2, 0) is 0 Å². The number of hydrogen-bond donors (Lipinski definition) is 0. The Balaban J connectivity index is 2.85. The van der Waals surface area contributed by atoms with Gasteiger partial charge in [-0.15, -0.1) is 0 Å². The van der Waals surface area contributed by atoms with E-state index in [4.69, 9.17) is 0 Å². The van der Waals surface area contributed by atoms with E-state index in [9.17, 15) is 0 Å². The minimum atomic E-state index is 0.291. The first-order valence-electron chi connectivity index (χ1n) is 4.57. The molecule has 0 N–H and O–H groups in total. The van der Waals surface area contributed by atoms with Gasteiger partial charge in [0.1, 0.15) is 0 Å². The molecule has 4 heteroatoms. The molecule has 0 aromatic rings. The van der Waals surface area contributed by atoms with Crippen molar-refractivity contribution in [3.05, 3.63) is 12.2 Å². The molecule has 0 spiro atoms. The fourth-order valence-electron chi connectivity index (χ4n) is 1.90. The highest BCUT2D eigenvalue weighted by atomic mass is 79.9. The van der Waals surface area contributed by atoms with Gasteiger partial charge in [-0.3, -0.25) is 0 Å². The van der Waals surface area contributed by atoms with Crippen LogP contribution >= 0.6 is 63.7 Å². The molecule has 1 rings (SSSR count). The zero-order valence-corrected chi connectivity index (χ0v) is 14.3. The van der Waals surface area contributed by atoms with E-state index < -0.39 is 0 Å². The van der Waals surface area contributed by atoms with E-state index in [1.165, 1.54) is 12.8 Å². The fraction of sp³-hybridized carbons (Fsp3) is 0.800. The molecule has 0 saturated carbocycles. The van der Waals surface area contributed by atoms with Crippen LogP contribution in [0.4, 0.5) is 0 Å². The van der Waals surface area contributed by atoms with E-state index in [1.807, 2.05) is 0 Å². The molecule has 0 amide bonds. The van der Waals surface area contributed by atoms with Crippen molar-refractivity contribution in [1.82, 2.24) is 0 Å². The predicted molar refractivity (Wildman–Crippen MR) is 78.4 cm³/mol. The van der Waals surface area contributed by atoms with E-state index in [2.05, 4.69) is 75.9 Å². The van der Waals surface area contributed by atoms with Crippen LogP contribution in [0.1, 0.15) is 12.8 Å². The molecular weight excluding hydrogens is 440 g/mol. The van der Waals surface area contributed by atoms with Crippen LogP contribution in [0.2, 0.25) is 0 Å². The molecule has 0 aliphatic heterocycles. The van der Waals surface area contributed by atoms with Gasteiger partial charge in [-0.05, 0) is 18.3 Å². The third kappa shape index (κ3) is 2.86. The van der Waals surface area contributed by atoms with Gasteiger partial charge in [-0.2, -0.15) is 0 Å². The van der Waals surface area contributed by atoms with Crippen molar-refractivity contribution in [2.24, 2.45) is 10.8 Å². The van der Waals surface area contributed by atoms with Crippen LogP contribution in [-0.4, -0.2) is 21.3 Å². The maximum atomic E-state index is 3.64. The lowest BCUT2D eigenvalue weighted by Gasteiger charge is -2.42. The minimum absolute atomic E-state index is 0.291. The molecule has 0 aromatic heterocycles. The summed E-state index contributed by atoms with van der Waals surface area (Å²) in [6.07, 6.45) is 7.09. The number of halogens is 4. The van der Waals surface area contributed by atoms with Crippen molar-refractivity contribution in [1.29, 1.82) is 0 Å². The summed E-state index contributed by atoms with van der Waals surface area (Å²) in [7, 11) is 0. The third-order valence-electron chi connectivity index (χ3n) is 2.85. The average Bonchev–Trinajstić information content (AvgIpc) is 2.29. The second kappa shape index (κ2) is 5.83. The van der Waals surface area contributed by atoms with Gasteiger partial charge in [0.2, 0.25) is 0 Å². The molecule has 0 unspecified atom stereocenters. The summed E-state index contributed by atoms with van der Waals surface area (Å²) in [5, 5.41) is 4.20. The summed E-state index contributed by atoms with van der Waals surface area (Å²) in [4.78, 5) is 0. The molecule has 0 atom stereocenters. The van der Waals surface area contributed by atoms with Crippen LogP contribution in [0.3, 0.4) is 0 Å². The Kier molecular flexibility index (Phi) is 5.72. The third-order valence-corrected chi connectivity index (χ3v) is 7.46. The van der Waals surface area contributed by atoms with E-state index in [0.29, 0.717) is 10.8 Å². The summed E-state index contributed by atoms with van der Waals surface area (Å²) in [5.41, 5.74) is 0.677. The molecule has 82 valence electrons. The highest BCUT2D eigenvalue weighted by molar-refractivity contribution is 9.10. The molecule has 0 saturated heterocycles. The number of rotatable bonds is 4. The maximum Gasteiger partial charge on any atom is 0.0131 e. The van der Waals surface area contributed by atoms with E-state index in [-0.39, 0.29) is 0 Å². The van der Waals surface area contributed by atoms with Crippen LogP contribution in [0.5, 0.6) is 0 Å². The topological polar surface area (TPSA) is 0 Å². The molecule has 0 fully saturated rings. The summed E-state index contributed by atoms with van der Waals surface area (Å²) in [6, 6.07) is 0. The summed E-state index contributed by atoms with van der Waals surface area (Å²) >= 11 is 14.5. The first kappa shape index (κ1) is 13.7. The van der Waals surface area contributed by atoms with Crippen molar-refractivity contribution >= 4 is 63.7 Å². The lowest BCUT2D eigenvalue weighted by molar-refractivity contribution is 0.247. The number of allylic oxidation sites excluding steroid dienone is 2. The summed E-state index contributed by atoms with van der Waals surface area (Å²) in [5.74, 6) is 0. The zero-order chi connectivity index (χ0) is 10.7. The van der Waals surface area contributed by atoms with Gasteiger partial charge in [-0.1, -0.05) is 75.9 Å². The first-order chi connectivity index (χ1) is 6.66. The van der Waals surface area contributed by atoms with E-state index in [1.54, 1.807) is 0 Å². The molecule has 14 heavy (non-hydrogen) atoms. The Morgan fingerprint density at radius 2 is 1.50 bits per heavy atom. The Morgan fingerprint density at radius 3 is 1.93 bits per heavy atom. The second-order valence-corrected chi connectivity index (χ2v) is 6.42. The molecule has 0 radical (unpaired) electrons. The van der Waals surface area contributed by atoms with Gasteiger partial charge in [-0.25, -0.2) is 0 Å². The van der Waals surface area contributed by atoms with Crippen molar-refractivity contribution in [3.8, 4) is 0 Å². The van der Waals surface area contributed by atoms with Gasteiger partial charge in [0.15, 0.2) is 0 Å². The van der Waals surface area contributed by atoms with Gasteiger partial charge in [0, 0.05) is 26.7 Å². The predicted octanol–water partition coefficient (Wildman–Crippen LogP) is 4.89. The van der Waals surface area contributed by atoms with Gasteiger partial charge in [0.05, 0.1) is 0 Å². The van der Waals surface area contributed by atoms with Crippen LogP contribution in [0.25, 0.3) is 0 Å². The van der Waals surface area contributed by atoms with E-state index in [0.717, 1.165) is 21.3 Å². The highest BCUT2D eigenvalue weighted by Gasteiger charge is 2.39. The lowest BCUT2D eigenvalue weighted by Crippen LogP contribution is -2.38. The van der Waals surface area contributed by atoms with Gasteiger partial charge < -0.3 is 0 Å². The zero-order valence-electron chi connectivity index (χ0n) is 7.91. The normalized spacial score (nSPS) is 23.7. The van der Waals surface area contributed by atoms with Gasteiger partial charge >= 0.3 is 0 Å². The molecule has 1 aliphatic rings. The van der Waals surface area contributed by atoms with Crippen molar-refractivity contribution in [2.75, 3.05) is 21.3 Å². The monoisotopic (exact) mass is 450 g/mol. The molecular formula is C10H14Br4. The molecule has 0 bridgehead atoms. The molecule has 0 aromatic carbocycles. The lowest BCUT2D eigenvalue weighted by atomic mass is 9.69. The Morgan fingerprint density at radius 1 is 0.929 bits per heavy atom. The van der Waals surface area contributed by atoms with Crippen LogP contribution in [0.15, 0.2) is 12.2 Å². The molecule has 0 heterocycles. The first-order valence-corrected chi connectivity index (χ1v) is 9.06. The van der Waals surface area contributed by atoms with Crippen molar-refractivity contribution < 1.29 is 0 Å².